The number of carbonyl (C=O) groups excluding carboxylic acids is 1. The third kappa shape index (κ3) is 4.49. The third-order valence-electron chi connectivity index (χ3n) is 3.07. The molecule has 0 atom stereocenters. The maximum atomic E-state index is 12.0. The zero-order valence-corrected chi connectivity index (χ0v) is 13.3. The van der Waals surface area contributed by atoms with Gasteiger partial charge in [0.1, 0.15) is 5.75 Å². The maximum Gasteiger partial charge on any atom is 0.224 e. The number of methoxy groups -OCH3 is 1. The van der Waals surface area contributed by atoms with Crippen LogP contribution in [0.1, 0.15) is 12.0 Å². The van der Waals surface area contributed by atoms with E-state index < -0.39 is 0 Å². The van der Waals surface area contributed by atoms with Crippen LogP contribution < -0.4 is 15.8 Å². The van der Waals surface area contributed by atoms with E-state index in [4.69, 9.17) is 10.5 Å². The molecule has 0 saturated carbocycles. The van der Waals surface area contributed by atoms with E-state index >= 15 is 0 Å². The minimum Gasteiger partial charge on any atom is -0.497 e. The normalized spacial score (nSPS) is 10.2. The molecule has 0 fully saturated rings. The Labute approximate surface area is 132 Å². The molecule has 2 aromatic rings. The zero-order valence-electron chi connectivity index (χ0n) is 11.7. The Bertz CT molecular complexity index is 627. The van der Waals surface area contributed by atoms with Gasteiger partial charge in [-0.3, -0.25) is 4.79 Å². The summed E-state index contributed by atoms with van der Waals surface area (Å²) in [5.74, 6) is 0.783. The van der Waals surface area contributed by atoms with Gasteiger partial charge in [0.2, 0.25) is 5.91 Å². The quantitative estimate of drug-likeness (QED) is 0.811. The van der Waals surface area contributed by atoms with Gasteiger partial charge in [-0.25, -0.2) is 0 Å². The molecular formula is C16H17BrN2O2. The van der Waals surface area contributed by atoms with E-state index in [0.29, 0.717) is 18.5 Å². The van der Waals surface area contributed by atoms with Gasteiger partial charge in [0.05, 0.1) is 12.8 Å². The highest BCUT2D eigenvalue weighted by Gasteiger charge is 2.06. The highest BCUT2D eigenvalue weighted by Crippen LogP contribution is 2.24. The summed E-state index contributed by atoms with van der Waals surface area (Å²) in [7, 11) is 1.63. The van der Waals surface area contributed by atoms with Crippen molar-refractivity contribution in [3.8, 4) is 5.75 Å². The van der Waals surface area contributed by atoms with Gasteiger partial charge in [-0.2, -0.15) is 0 Å². The second kappa shape index (κ2) is 7.13. The summed E-state index contributed by atoms with van der Waals surface area (Å²) in [6.45, 7) is 0. The second-order valence-electron chi connectivity index (χ2n) is 4.64. The number of nitrogens with two attached hydrogens (primary N) is 1. The smallest absolute Gasteiger partial charge is 0.224 e. The molecule has 21 heavy (non-hydrogen) atoms. The lowest BCUT2D eigenvalue weighted by atomic mass is 10.1. The number of rotatable bonds is 5. The van der Waals surface area contributed by atoms with Crippen LogP contribution in [0.3, 0.4) is 0 Å². The standard InChI is InChI=1S/C16H17BrN2O2/c1-21-13-6-2-11(3-7-13)4-9-16(20)19-15-8-5-12(18)10-14(15)17/h2-3,5-8,10H,4,9,18H2,1H3,(H,19,20). The number of carbonyl (C=O) groups is 1. The number of amides is 1. The van der Waals surface area contributed by atoms with Crippen LogP contribution >= 0.6 is 15.9 Å². The molecule has 4 nitrogen and oxygen atoms in total. The summed E-state index contributed by atoms with van der Waals surface area (Å²) in [4.78, 5) is 12.0. The number of hydrogen-bond donors (Lipinski definition) is 2. The molecule has 0 aliphatic heterocycles. The van der Waals surface area contributed by atoms with Gasteiger partial charge in [0, 0.05) is 16.6 Å². The minimum atomic E-state index is -0.0312. The first-order valence-corrected chi connectivity index (χ1v) is 7.35. The minimum absolute atomic E-state index is 0.0312. The lowest BCUT2D eigenvalue weighted by molar-refractivity contribution is -0.116. The molecular weight excluding hydrogens is 332 g/mol. The van der Waals surface area contributed by atoms with E-state index in [1.807, 2.05) is 24.3 Å². The van der Waals surface area contributed by atoms with E-state index in [2.05, 4.69) is 21.2 Å². The Morgan fingerprint density at radius 3 is 2.57 bits per heavy atom. The van der Waals surface area contributed by atoms with Crippen LogP contribution in [0.5, 0.6) is 5.75 Å². The SMILES string of the molecule is COc1ccc(CCC(=O)Nc2ccc(N)cc2Br)cc1. The number of anilines is 2. The van der Waals surface area contributed by atoms with Crippen molar-refractivity contribution in [3.05, 3.63) is 52.5 Å². The monoisotopic (exact) mass is 348 g/mol. The summed E-state index contributed by atoms with van der Waals surface area (Å²) in [5.41, 5.74) is 8.14. The van der Waals surface area contributed by atoms with Gasteiger partial charge >= 0.3 is 0 Å². The largest absolute Gasteiger partial charge is 0.497 e. The first-order chi connectivity index (χ1) is 10.1. The molecule has 0 bridgehead atoms. The molecule has 1 amide bonds. The van der Waals surface area contributed by atoms with Crippen molar-refractivity contribution < 1.29 is 9.53 Å². The van der Waals surface area contributed by atoms with E-state index in [9.17, 15) is 4.79 Å². The average molecular weight is 349 g/mol. The molecule has 0 spiro atoms. The lowest BCUT2D eigenvalue weighted by Gasteiger charge is -2.08. The van der Waals surface area contributed by atoms with Crippen molar-refractivity contribution in [1.82, 2.24) is 0 Å². The van der Waals surface area contributed by atoms with E-state index in [1.165, 1.54) is 0 Å². The van der Waals surface area contributed by atoms with E-state index in [-0.39, 0.29) is 5.91 Å². The summed E-state index contributed by atoms with van der Waals surface area (Å²) in [5, 5.41) is 2.86. The van der Waals surface area contributed by atoms with Gasteiger partial charge in [-0.1, -0.05) is 12.1 Å². The van der Waals surface area contributed by atoms with E-state index in [0.717, 1.165) is 21.5 Å². The number of halogens is 1. The van der Waals surface area contributed by atoms with Gasteiger partial charge in [0.25, 0.3) is 0 Å². The molecule has 2 rings (SSSR count). The van der Waals surface area contributed by atoms with Crippen molar-refractivity contribution in [2.24, 2.45) is 0 Å². The van der Waals surface area contributed by atoms with Crippen LogP contribution in [-0.2, 0) is 11.2 Å². The molecule has 5 heteroatoms. The number of nitrogen functional groups attached to an aromatic ring is 1. The summed E-state index contributed by atoms with van der Waals surface area (Å²) < 4.78 is 5.88. The summed E-state index contributed by atoms with van der Waals surface area (Å²) >= 11 is 3.38. The molecule has 0 aromatic heterocycles. The first kappa shape index (κ1) is 15.4. The van der Waals surface area contributed by atoms with Crippen molar-refractivity contribution in [3.63, 3.8) is 0 Å². The van der Waals surface area contributed by atoms with Crippen molar-refractivity contribution in [2.75, 3.05) is 18.2 Å². The van der Waals surface area contributed by atoms with Crippen LogP contribution in [-0.4, -0.2) is 13.0 Å². The zero-order chi connectivity index (χ0) is 15.2. The number of nitrogens with one attached hydrogen (secondary N) is 1. The Kier molecular flexibility index (Phi) is 5.22. The van der Waals surface area contributed by atoms with E-state index in [1.54, 1.807) is 25.3 Å². The predicted octanol–water partition coefficient (Wildman–Crippen LogP) is 3.61. The van der Waals surface area contributed by atoms with Crippen molar-refractivity contribution >= 4 is 33.2 Å². The van der Waals surface area contributed by atoms with Crippen LogP contribution in [0, 0.1) is 0 Å². The first-order valence-electron chi connectivity index (χ1n) is 6.56. The molecule has 110 valence electrons. The molecule has 0 unspecified atom stereocenters. The predicted molar refractivity (Wildman–Crippen MR) is 88.5 cm³/mol. The van der Waals surface area contributed by atoms with Gasteiger partial charge in [-0.15, -0.1) is 0 Å². The summed E-state index contributed by atoms with van der Waals surface area (Å²) in [6.07, 6.45) is 1.10. The van der Waals surface area contributed by atoms with Gasteiger partial charge in [-0.05, 0) is 58.2 Å². The number of hydrogen-bond acceptors (Lipinski definition) is 3. The maximum absolute atomic E-state index is 12.0. The number of ether oxygens (including phenoxy) is 1. The summed E-state index contributed by atoms with van der Waals surface area (Å²) in [6, 6.07) is 13.0. The van der Waals surface area contributed by atoms with Gasteiger partial charge in [0.15, 0.2) is 0 Å². The number of benzene rings is 2. The fraction of sp³-hybridized carbons (Fsp3) is 0.188. The highest BCUT2D eigenvalue weighted by atomic mass is 79.9. The van der Waals surface area contributed by atoms with Crippen molar-refractivity contribution in [1.29, 1.82) is 0 Å². The fourth-order valence-electron chi connectivity index (χ4n) is 1.90. The van der Waals surface area contributed by atoms with Crippen LogP contribution in [0.25, 0.3) is 0 Å². The topological polar surface area (TPSA) is 64.3 Å². The second-order valence-corrected chi connectivity index (χ2v) is 5.49. The molecule has 3 N–H and O–H groups in total. The number of aryl methyl sites for hydroxylation is 1. The molecule has 0 aliphatic rings. The Hall–Kier alpha value is -2.01. The Morgan fingerprint density at radius 1 is 1.24 bits per heavy atom. The molecule has 0 saturated heterocycles. The molecule has 0 radical (unpaired) electrons. The van der Waals surface area contributed by atoms with Gasteiger partial charge < -0.3 is 15.8 Å². The van der Waals surface area contributed by atoms with Crippen LogP contribution in [0.2, 0.25) is 0 Å². The Balaban J connectivity index is 1.89. The Morgan fingerprint density at radius 2 is 1.95 bits per heavy atom. The fourth-order valence-corrected chi connectivity index (χ4v) is 2.39. The van der Waals surface area contributed by atoms with Crippen molar-refractivity contribution in [2.45, 2.75) is 12.8 Å². The molecule has 0 aliphatic carbocycles. The highest BCUT2D eigenvalue weighted by molar-refractivity contribution is 9.10. The molecule has 2 aromatic carbocycles. The third-order valence-corrected chi connectivity index (χ3v) is 3.72. The lowest BCUT2D eigenvalue weighted by Crippen LogP contribution is -2.12. The van der Waals surface area contributed by atoms with Crippen LogP contribution in [0.15, 0.2) is 46.9 Å². The average Bonchev–Trinajstić information content (AvgIpc) is 2.48. The van der Waals surface area contributed by atoms with Crippen LogP contribution in [0.4, 0.5) is 11.4 Å². The molecule has 0 heterocycles.